The molecule has 142 valence electrons. The Morgan fingerprint density at radius 1 is 0.931 bits per heavy atom. The summed E-state index contributed by atoms with van der Waals surface area (Å²) < 4.78 is 6.25. The Balaban J connectivity index is 1.52. The van der Waals surface area contributed by atoms with E-state index in [1.54, 1.807) is 12.3 Å². The molecule has 0 bridgehead atoms. The van der Waals surface area contributed by atoms with Gasteiger partial charge in [-0.2, -0.15) is 0 Å². The number of rotatable bonds is 4. The average Bonchev–Trinajstić information content (AvgIpc) is 3.19. The van der Waals surface area contributed by atoms with Crippen LogP contribution >= 0.6 is 11.6 Å². The summed E-state index contributed by atoms with van der Waals surface area (Å²) in [7, 11) is 0. The van der Waals surface area contributed by atoms with E-state index in [0.717, 1.165) is 33.5 Å². The number of para-hydroxylation sites is 1. The van der Waals surface area contributed by atoms with Gasteiger partial charge in [-0.25, -0.2) is 9.97 Å². The van der Waals surface area contributed by atoms with Crippen molar-refractivity contribution in [2.75, 3.05) is 0 Å². The summed E-state index contributed by atoms with van der Waals surface area (Å²) >= 11 is 5.94. The average molecular weight is 400 g/mol. The van der Waals surface area contributed by atoms with Gasteiger partial charge in [-0.05, 0) is 42.0 Å². The first-order valence-corrected chi connectivity index (χ1v) is 9.81. The molecular formula is C24H18ClN3O. The topological polar surface area (TPSA) is 50.8 Å². The predicted molar refractivity (Wildman–Crippen MR) is 116 cm³/mol. The number of ether oxygens (including phenoxy) is 1. The van der Waals surface area contributed by atoms with Crippen LogP contribution in [0.15, 0.2) is 91.4 Å². The van der Waals surface area contributed by atoms with Crippen LogP contribution in [-0.2, 0) is 0 Å². The van der Waals surface area contributed by atoms with Crippen molar-refractivity contribution in [2.24, 2.45) is 0 Å². The quantitative estimate of drug-likeness (QED) is 0.432. The van der Waals surface area contributed by atoms with Crippen molar-refractivity contribution in [3.8, 4) is 16.9 Å². The molecule has 5 heteroatoms. The van der Waals surface area contributed by atoms with Crippen LogP contribution in [-0.4, -0.2) is 21.1 Å². The van der Waals surface area contributed by atoms with Gasteiger partial charge in [-0.1, -0.05) is 48.0 Å². The molecular weight excluding hydrogens is 382 g/mol. The Bertz CT molecular complexity index is 1200. The predicted octanol–water partition coefficient (Wildman–Crippen LogP) is 5.94. The Labute approximate surface area is 173 Å². The Hall–Kier alpha value is -3.37. The number of nitrogens with one attached hydrogen (secondary N) is 1. The molecule has 0 spiro atoms. The van der Waals surface area contributed by atoms with Crippen molar-refractivity contribution in [1.82, 2.24) is 15.0 Å². The van der Waals surface area contributed by atoms with E-state index < -0.39 is 0 Å². The van der Waals surface area contributed by atoms with Gasteiger partial charge < -0.3 is 9.72 Å². The molecule has 1 aliphatic carbocycles. The van der Waals surface area contributed by atoms with E-state index in [1.165, 1.54) is 0 Å². The molecule has 1 N–H and O–H groups in total. The molecule has 3 aromatic heterocycles. The van der Waals surface area contributed by atoms with Gasteiger partial charge >= 0.3 is 0 Å². The van der Waals surface area contributed by atoms with E-state index in [1.807, 2.05) is 54.9 Å². The first kappa shape index (κ1) is 17.7. The summed E-state index contributed by atoms with van der Waals surface area (Å²) in [6, 6.07) is 15.8. The Morgan fingerprint density at radius 3 is 2.62 bits per heavy atom. The van der Waals surface area contributed by atoms with Crippen LogP contribution in [0.3, 0.4) is 0 Å². The fraction of sp³-hybridized carbons (Fsp3) is 0.0833. The van der Waals surface area contributed by atoms with Crippen LogP contribution in [0.1, 0.15) is 11.5 Å². The number of H-pyrrole nitrogens is 1. The molecule has 0 aliphatic heterocycles. The summed E-state index contributed by atoms with van der Waals surface area (Å²) in [6.45, 7) is 0. The third-order valence-electron chi connectivity index (χ3n) is 5.08. The molecule has 5 rings (SSSR count). The van der Waals surface area contributed by atoms with Crippen molar-refractivity contribution in [3.05, 3.63) is 102 Å². The highest BCUT2D eigenvalue weighted by molar-refractivity contribution is 6.29. The minimum absolute atomic E-state index is 0.0724. The van der Waals surface area contributed by atoms with E-state index in [2.05, 4.69) is 39.2 Å². The van der Waals surface area contributed by atoms with E-state index in [-0.39, 0.29) is 12.0 Å². The number of aromatic nitrogens is 3. The molecule has 1 aliphatic rings. The molecule has 29 heavy (non-hydrogen) atoms. The maximum absolute atomic E-state index is 6.25. The molecule has 3 heterocycles. The zero-order valence-electron chi connectivity index (χ0n) is 15.5. The van der Waals surface area contributed by atoms with Gasteiger partial charge in [0.15, 0.2) is 0 Å². The van der Waals surface area contributed by atoms with Crippen LogP contribution in [0.25, 0.3) is 22.2 Å². The number of hydrogen-bond acceptors (Lipinski definition) is 3. The van der Waals surface area contributed by atoms with Crippen molar-refractivity contribution in [3.63, 3.8) is 0 Å². The molecule has 2 unspecified atom stereocenters. The second-order valence-electron chi connectivity index (χ2n) is 6.93. The number of benzene rings is 1. The number of fused-ring (bicyclic) bond motifs is 1. The summed E-state index contributed by atoms with van der Waals surface area (Å²) in [4.78, 5) is 12.1. The molecule has 0 saturated carbocycles. The van der Waals surface area contributed by atoms with Gasteiger partial charge in [-0.15, -0.1) is 0 Å². The van der Waals surface area contributed by atoms with Gasteiger partial charge in [0.25, 0.3) is 0 Å². The molecule has 2 atom stereocenters. The van der Waals surface area contributed by atoms with Gasteiger partial charge in [0.2, 0.25) is 0 Å². The minimum Gasteiger partial charge on any atom is -0.485 e. The zero-order valence-corrected chi connectivity index (χ0v) is 16.3. The summed E-state index contributed by atoms with van der Waals surface area (Å²) in [6.07, 6.45) is 13.9. The third-order valence-corrected chi connectivity index (χ3v) is 5.30. The monoisotopic (exact) mass is 399 g/mol. The van der Waals surface area contributed by atoms with Gasteiger partial charge in [0.05, 0.1) is 0 Å². The smallest absolute Gasteiger partial charge is 0.137 e. The Kier molecular flexibility index (Phi) is 4.62. The second-order valence-corrected chi connectivity index (χ2v) is 7.32. The van der Waals surface area contributed by atoms with Crippen LogP contribution in [0.2, 0.25) is 5.15 Å². The lowest BCUT2D eigenvalue weighted by Gasteiger charge is -2.25. The van der Waals surface area contributed by atoms with Crippen LogP contribution in [0.5, 0.6) is 5.75 Å². The van der Waals surface area contributed by atoms with Crippen molar-refractivity contribution in [1.29, 1.82) is 0 Å². The maximum Gasteiger partial charge on any atom is 0.137 e. The molecule has 4 nitrogen and oxygen atoms in total. The van der Waals surface area contributed by atoms with E-state index in [4.69, 9.17) is 16.3 Å². The van der Waals surface area contributed by atoms with Gasteiger partial charge in [0, 0.05) is 41.0 Å². The molecule has 0 fully saturated rings. The second kappa shape index (κ2) is 7.57. The number of hydrogen-bond donors (Lipinski definition) is 1. The lowest BCUT2D eigenvalue weighted by atomic mass is 9.90. The van der Waals surface area contributed by atoms with Gasteiger partial charge in [0.1, 0.15) is 22.7 Å². The minimum atomic E-state index is -0.0961. The highest BCUT2D eigenvalue weighted by atomic mass is 35.5. The van der Waals surface area contributed by atoms with Crippen LogP contribution in [0, 0.1) is 0 Å². The molecule has 0 radical (unpaired) electrons. The van der Waals surface area contributed by atoms with Crippen LogP contribution < -0.4 is 4.74 Å². The fourth-order valence-corrected chi connectivity index (χ4v) is 3.74. The normalized spacial score (nSPS) is 18.2. The SMILES string of the molecule is Clc1ccc(-c2c[nH]c3ncc(C4C=CC=CC4Oc4ccccc4)cc23)cn1. The van der Waals surface area contributed by atoms with Crippen LogP contribution in [0.4, 0.5) is 0 Å². The third kappa shape index (κ3) is 3.55. The number of halogens is 1. The summed E-state index contributed by atoms with van der Waals surface area (Å²) in [5.74, 6) is 0.925. The standard InChI is InChI=1S/C24H18ClN3O/c25-23-11-10-16(13-26-23)21-15-28-24-20(21)12-17(14-27-24)19-8-4-5-9-22(19)29-18-6-2-1-3-7-18/h1-15,19,22H,(H,27,28). The number of aromatic amines is 1. The largest absolute Gasteiger partial charge is 0.485 e. The fourth-order valence-electron chi connectivity index (χ4n) is 3.63. The molecule has 4 aromatic rings. The number of nitrogens with zero attached hydrogens (tertiary/aromatic N) is 2. The van der Waals surface area contributed by atoms with E-state index in [0.29, 0.717) is 5.15 Å². The van der Waals surface area contributed by atoms with Crippen molar-refractivity contribution >= 4 is 22.6 Å². The van der Waals surface area contributed by atoms with Gasteiger partial charge in [-0.3, -0.25) is 0 Å². The molecule has 1 aromatic carbocycles. The summed E-state index contributed by atoms with van der Waals surface area (Å²) in [5.41, 5.74) is 3.99. The van der Waals surface area contributed by atoms with Crippen molar-refractivity contribution in [2.45, 2.75) is 12.0 Å². The highest BCUT2D eigenvalue weighted by Crippen LogP contribution is 2.33. The summed E-state index contributed by atoms with van der Waals surface area (Å²) in [5, 5.41) is 1.53. The first-order chi connectivity index (χ1) is 14.3. The first-order valence-electron chi connectivity index (χ1n) is 9.43. The van der Waals surface area contributed by atoms with Crippen molar-refractivity contribution < 1.29 is 4.74 Å². The Morgan fingerprint density at radius 2 is 1.79 bits per heavy atom. The number of pyridine rings is 2. The molecule has 0 saturated heterocycles. The highest BCUT2D eigenvalue weighted by Gasteiger charge is 2.23. The van der Waals surface area contributed by atoms with E-state index in [9.17, 15) is 0 Å². The molecule has 0 amide bonds. The maximum atomic E-state index is 6.25. The van der Waals surface area contributed by atoms with E-state index >= 15 is 0 Å². The zero-order chi connectivity index (χ0) is 19.6. The number of allylic oxidation sites excluding steroid dienone is 2. The lowest BCUT2D eigenvalue weighted by Crippen LogP contribution is -2.23. The lowest BCUT2D eigenvalue weighted by molar-refractivity contribution is 0.232.